The quantitative estimate of drug-likeness (QED) is 0.751. The predicted molar refractivity (Wildman–Crippen MR) is 90.9 cm³/mol. The summed E-state index contributed by atoms with van der Waals surface area (Å²) in [5, 5.41) is 0.739. The third kappa shape index (κ3) is 2.04. The van der Waals surface area contributed by atoms with Gasteiger partial charge in [0.15, 0.2) is 0 Å². The molecule has 1 aliphatic heterocycles. The van der Waals surface area contributed by atoms with Crippen LogP contribution in [0.25, 0.3) is 10.2 Å². The first-order valence-electron chi connectivity index (χ1n) is 7.45. The van der Waals surface area contributed by atoms with Crippen LogP contribution in [0.15, 0.2) is 29.1 Å². The van der Waals surface area contributed by atoms with E-state index in [-0.39, 0.29) is 5.56 Å². The van der Waals surface area contributed by atoms with Gasteiger partial charge in [0.05, 0.1) is 5.39 Å². The zero-order valence-corrected chi connectivity index (χ0v) is 13.5. The molecule has 0 aliphatic carbocycles. The number of fused-ring (bicyclic) bond motifs is 2. The minimum atomic E-state index is -0.0271. The number of aromatic nitrogens is 2. The lowest BCUT2D eigenvalue weighted by Crippen LogP contribution is -2.33. The zero-order valence-electron chi connectivity index (χ0n) is 12.6. The highest BCUT2D eigenvalue weighted by molar-refractivity contribution is 7.18. The second-order valence-corrected chi connectivity index (χ2v) is 7.00. The summed E-state index contributed by atoms with van der Waals surface area (Å²) in [6.07, 6.45) is 0.987. The van der Waals surface area contributed by atoms with Crippen molar-refractivity contribution in [1.82, 2.24) is 9.97 Å². The Hall–Kier alpha value is -2.14. The number of thiophene rings is 1. The van der Waals surface area contributed by atoms with Gasteiger partial charge in [0.1, 0.15) is 4.83 Å². The fourth-order valence-corrected chi connectivity index (χ4v) is 4.09. The molecular formula is C17H17N3OS. The Bertz CT molecular complexity index is 925. The third-order valence-electron chi connectivity index (χ3n) is 4.46. The number of H-pyrrole nitrogens is 1. The SMILES string of the molecule is Cc1sc2nc(N3CCc4ccccc4C3)[nH]c(=O)c2c1C. The van der Waals surface area contributed by atoms with Gasteiger partial charge in [0.25, 0.3) is 5.56 Å². The van der Waals surface area contributed by atoms with Gasteiger partial charge in [-0.1, -0.05) is 24.3 Å². The van der Waals surface area contributed by atoms with Gasteiger partial charge in [0.2, 0.25) is 5.95 Å². The largest absolute Gasteiger partial charge is 0.338 e. The number of rotatable bonds is 1. The summed E-state index contributed by atoms with van der Waals surface area (Å²) in [4.78, 5) is 24.2. The Kier molecular flexibility index (Phi) is 3.04. The number of hydrogen-bond acceptors (Lipinski definition) is 4. The van der Waals surface area contributed by atoms with Crippen LogP contribution in [0.4, 0.5) is 5.95 Å². The molecule has 3 aromatic rings. The highest BCUT2D eigenvalue weighted by Gasteiger charge is 2.19. The van der Waals surface area contributed by atoms with Crippen LogP contribution < -0.4 is 10.5 Å². The molecule has 0 amide bonds. The fraction of sp³-hybridized carbons (Fsp3) is 0.294. The van der Waals surface area contributed by atoms with Crippen molar-refractivity contribution in [3.8, 4) is 0 Å². The summed E-state index contributed by atoms with van der Waals surface area (Å²) in [6.45, 7) is 5.71. The molecule has 1 aliphatic rings. The molecule has 3 heterocycles. The normalized spacial score (nSPS) is 14.4. The molecule has 0 radical (unpaired) electrons. The maximum atomic E-state index is 12.4. The van der Waals surface area contributed by atoms with E-state index in [9.17, 15) is 4.79 Å². The average molecular weight is 311 g/mol. The maximum Gasteiger partial charge on any atom is 0.261 e. The van der Waals surface area contributed by atoms with Gasteiger partial charge in [-0.2, -0.15) is 0 Å². The molecule has 2 aromatic heterocycles. The Morgan fingerprint density at radius 1 is 1.23 bits per heavy atom. The Labute approximate surface area is 132 Å². The molecule has 5 heteroatoms. The summed E-state index contributed by atoms with van der Waals surface area (Å²) < 4.78 is 0. The van der Waals surface area contributed by atoms with E-state index < -0.39 is 0 Å². The van der Waals surface area contributed by atoms with Crippen molar-refractivity contribution in [3.63, 3.8) is 0 Å². The molecule has 0 fully saturated rings. The summed E-state index contributed by atoms with van der Waals surface area (Å²) in [5.41, 5.74) is 3.73. The highest BCUT2D eigenvalue weighted by atomic mass is 32.1. The molecule has 0 unspecified atom stereocenters. The molecule has 0 saturated heterocycles. The number of aryl methyl sites for hydroxylation is 2. The third-order valence-corrected chi connectivity index (χ3v) is 5.56. The van der Waals surface area contributed by atoms with Crippen molar-refractivity contribution < 1.29 is 0 Å². The number of hydrogen-bond donors (Lipinski definition) is 1. The van der Waals surface area contributed by atoms with Gasteiger partial charge in [-0.15, -0.1) is 11.3 Å². The average Bonchev–Trinajstić information content (AvgIpc) is 2.82. The highest BCUT2D eigenvalue weighted by Crippen LogP contribution is 2.28. The second-order valence-electron chi connectivity index (χ2n) is 5.79. The Balaban J connectivity index is 1.78. The van der Waals surface area contributed by atoms with Crippen LogP contribution in [0.3, 0.4) is 0 Å². The zero-order chi connectivity index (χ0) is 15.3. The lowest BCUT2D eigenvalue weighted by Gasteiger charge is -2.29. The Morgan fingerprint density at radius 2 is 2.00 bits per heavy atom. The van der Waals surface area contributed by atoms with Gasteiger partial charge in [-0.05, 0) is 37.0 Å². The standard InChI is InChI=1S/C17H17N3OS/c1-10-11(2)22-16-14(10)15(21)18-17(19-16)20-8-7-12-5-3-4-6-13(12)9-20/h3-6H,7-9H2,1-2H3,(H,18,19,21). The fourth-order valence-electron chi connectivity index (χ4n) is 3.07. The van der Waals surface area contributed by atoms with Gasteiger partial charge in [-0.25, -0.2) is 4.98 Å². The van der Waals surface area contributed by atoms with Crippen LogP contribution in [0.1, 0.15) is 21.6 Å². The van der Waals surface area contributed by atoms with Crippen LogP contribution in [0, 0.1) is 13.8 Å². The van der Waals surface area contributed by atoms with Crippen LogP contribution in [-0.4, -0.2) is 16.5 Å². The number of aromatic amines is 1. The van der Waals surface area contributed by atoms with E-state index in [1.165, 1.54) is 11.1 Å². The van der Waals surface area contributed by atoms with Gasteiger partial charge < -0.3 is 4.90 Å². The van der Waals surface area contributed by atoms with E-state index in [0.717, 1.165) is 40.2 Å². The molecule has 22 heavy (non-hydrogen) atoms. The number of anilines is 1. The van der Waals surface area contributed by atoms with Crippen molar-refractivity contribution in [2.45, 2.75) is 26.8 Å². The smallest absolute Gasteiger partial charge is 0.261 e. The first-order chi connectivity index (χ1) is 10.6. The van der Waals surface area contributed by atoms with E-state index in [0.29, 0.717) is 5.95 Å². The minimum absolute atomic E-state index is 0.0271. The molecule has 4 nitrogen and oxygen atoms in total. The lowest BCUT2D eigenvalue weighted by molar-refractivity contribution is 0.708. The number of benzene rings is 1. The van der Waals surface area contributed by atoms with E-state index in [1.54, 1.807) is 11.3 Å². The van der Waals surface area contributed by atoms with Crippen molar-refractivity contribution in [3.05, 3.63) is 56.2 Å². The molecule has 0 atom stereocenters. The van der Waals surface area contributed by atoms with E-state index in [4.69, 9.17) is 4.98 Å². The van der Waals surface area contributed by atoms with Crippen LogP contribution in [0.5, 0.6) is 0 Å². The number of nitrogens with zero attached hydrogens (tertiary/aromatic N) is 2. The van der Waals surface area contributed by atoms with Crippen molar-refractivity contribution in [2.75, 3.05) is 11.4 Å². The predicted octanol–water partition coefficient (Wildman–Crippen LogP) is 3.16. The molecule has 0 bridgehead atoms. The summed E-state index contributed by atoms with van der Waals surface area (Å²) in [6, 6.07) is 8.47. The maximum absolute atomic E-state index is 12.4. The summed E-state index contributed by atoms with van der Waals surface area (Å²) in [5.74, 6) is 0.688. The van der Waals surface area contributed by atoms with Crippen molar-refractivity contribution in [2.24, 2.45) is 0 Å². The van der Waals surface area contributed by atoms with Gasteiger partial charge in [-0.3, -0.25) is 9.78 Å². The van der Waals surface area contributed by atoms with E-state index in [1.807, 2.05) is 13.8 Å². The first kappa shape index (κ1) is 13.5. The summed E-state index contributed by atoms with van der Waals surface area (Å²) in [7, 11) is 0. The van der Waals surface area contributed by atoms with Crippen molar-refractivity contribution in [1.29, 1.82) is 0 Å². The molecule has 1 aromatic carbocycles. The van der Waals surface area contributed by atoms with Crippen LogP contribution in [-0.2, 0) is 13.0 Å². The van der Waals surface area contributed by atoms with Crippen LogP contribution in [0.2, 0.25) is 0 Å². The molecule has 4 rings (SSSR count). The first-order valence-corrected chi connectivity index (χ1v) is 8.27. The molecule has 0 spiro atoms. The molecule has 1 N–H and O–H groups in total. The molecule has 0 saturated carbocycles. The van der Waals surface area contributed by atoms with Crippen LogP contribution >= 0.6 is 11.3 Å². The minimum Gasteiger partial charge on any atom is -0.338 e. The lowest BCUT2D eigenvalue weighted by atomic mass is 10.0. The molecule has 112 valence electrons. The van der Waals surface area contributed by atoms with E-state index in [2.05, 4.69) is 34.1 Å². The molecular weight excluding hydrogens is 294 g/mol. The van der Waals surface area contributed by atoms with Gasteiger partial charge >= 0.3 is 0 Å². The topological polar surface area (TPSA) is 49.0 Å². The monoisotopic (exact) mass is 311 g/mol. The second kappa shape index (κ2) is 4.95. The Morgan fingerprint density at radius 3 is 2.82 bits per heavy atom. The van der Waals surface area contributed by atoms with Gasteiger partial charge in [0, 0.05) is 18.0 Å². The van der Waals surface area contributed by atoms with E-state index >= 15 is 0 Å². The summed E-state index contributed by atoms with van der Waals surface area (Å²) >= 11 is 1.60. The number of nitrogens with one attached hydrogen (secondary N) is 1. The van der Waals surface area contributed by atoms with Crippen molar-refractivity contribution >= 4 is 27.5 Å².